The van der Waals surface area contributed by atoms with Crippen LogP contribution in [-0.4, -0.2) is 29.9 Å². The monoisotopic (exact) mass is 300 g/mol. The van der Waals surface area contributed by atoms with Gasteiger partial charge in [-0.05, 0) is 62.7 Å². The van der Waals surface area contributed by atoms with E-state index < -0.39 is 0 Å². The zero-order valence-electron chi connectivity index (χ0n) is 12.9. The molecule has 0 aliphatic heterocycles. The Morgan fingerprint density at radius 3 is 1.90 bits per heavy atom. The highest BCUT2D eigenvalue weighted by molar-refractivity contribution is 5.85. The molecule has 4 bridgehead atoms. The van der Waals surface area contributed by atoms with E-state index in [1.165, 1.54) is 32.1 Å². The maximum Gasteiger partial charge on any atom is 0.226 e. The van der Waals surface area contributed by atoms with Crippen LogP contribution in [0.25, 0.3) is 0 Å². The van der Waals surface area contributed by atoms with E-state index in [0.717, 1.165) is 23.7 Å². The molecule has 2 N–H and O–H groups in total. The van der Waals surface area contributed by atoms with Crippen molar-refractivity contribution in [2.75, 3.05) is 7.05 Å². The van der Waals surface area contributed by atoms with E-state index in [0.29, 0.717) is 6.04 Å². The number of amides is 1. The third-order valence-corrected chi connectivity index (χ3v) is 6.15. The molecule has 4 fully saturated rings. The Hall–Kier alpha value is -0.280. The number of nitrogens with zero attached hydrogens (tertiary/aromatic N) is 1. The number of hydrogen-bond acceptors (Lipinski definition) is 2. The summed E-state index contributed by atoms with van der Waals surface area (Å²) in [5.74, 6) is 3.67. The van der Waals surface area contributed by atoms with E-state index >= 15 is 0 Å². The smallest absolute Gasteiger partial charge is 0.226 e. The second-order valence-electron chi connectivity index (χ2n) is 7.52. The van der Waals surface area contributed by atoms with Gasteiger partial charge in [0.25, 0.3) is 0 Å². The Morgan fingerprint density at radius 1 is 1.05 bits per heavy atom. The molecule has 116 valence electrons. The zero-order valence-corrected chi connectivity index (χ0v) is 13.7. The lowest BCUT2D eigenvalue weighted by atomic mass is 9.54. The molecule has 1 amide bonds. The second-order valence-corrected chi connectivity index (χ2v) is 7.52. The van der Waals surface area contributed by atoms with Crippen LogP contribution >= 0.6 is 12.4 Å². The molecule has 0 aromatic heterocycles. The summed E-state index contributed by atoms with van der Waals surface area (Å²) < 4.78 is 0. The van der Waals surface area contributed by atoms with E-state index in [1.807, 2.05) is 20.9 Å². The average molecular weight is 301 g/mol. The molecular weight excluding hydrogens is 272 g/mol. The Labute approximate surface area is 129 Å². The minimum absolute atomic E-state index is 0. The minimum atomic E-state index is -0.0535. The Morgan fingerprint density at radius 2 is 1.50 bits per heavy atom. The summed E-state index contributed by atoms with van der Waals surface area (Å²) in [4.78, 5) is 14.6. The van der Waals surface area contributed by atoms with Gasteiger partial charge in [0.2, 0.25) is 5.91 Å². The van der Waals surface area contributed by atoms with Crippen LogP contribution in [0.3, 0.4) is 0 Å². The summed E-state index contributed by atoms with van der Waals surface area (Å²) in [5.41, 5.74) is 5.90. The van der Waals surface area contributed by atoms with Crippen molar-refractivity contribution in [1.82, 2.24) is 4.90 Å². The molecule has 4 heteroatoms. The van der Waals surface area contributed by atoms with Crippen molar-refractivity contribution in [3.8, 4) is 0 Å². The fourth-order valence-electron chi connectivity index (χ4n) is 5.22. The summed E-state index contributed by atoms with van der Waals surface area (Å²) in [6.07, 6.45) is 6.92. The Kier molecular flexibility index (Phi) is 4.70. The standard InChI is InChI=1S/C16H28N2O.ClH/c1-9(10(2)17)16(19)18(3)15-13-5-11-4-12(7-13)8-14(15)6-11;/h9-15H,4-8,17H2,1-3H3;1H. The molecule has 0 aromatic rings. The quantitative estimate of drug-likeness (QED) is 0.871. The van der Waals surface area contributed by atoms with Gasteiger partial charge in [0.1, 0.15) is 0 Å². The molecule has 0 aromatic carbocycles. The predicted molar refractivity (Wildman–Crippen MR) is 83.7 cm³/mol. The first kappa shape index (κ1) is 16.1. The van der Waals surface area contributed by atoms with Crippen LogP contribution in [0.1, 0.15) is 46.0 Å². The summed E-state index contributed by atoms with van der Waals surface area (Å²) >= 11 is 0. The third-order valence-electron chi connectivity index (χ3n) is 6.15. The first-order valence-electron chi connectivity index (χ1n) is 7.99. The van der Waals surface area contributed by atoms with Crippen molar-refractivity contribution in [3.63, 3.8) is 0 Å². The van der Waals surface area contributed by atoms with Gasteiger partial charge >= 0.3 is 0 Å². The topological polar surface area (TPSA) is 46.3 Å². The highest BCUT2D eigenvalue weighted by Crippen LogP contribution is 2.55. The summed E-state index contributed by atoms with van der Waals surface area (Å²) in [5, 5.41) is 0. The zero-order chi connectivity index (χ0) is 13.7. The van der Waals surface area contributed by atoms with Crippen molar-refractivity contribution >= 4 is 18.3 Å². The summed E-state index contributed by atoms with van der Waals surface area (Å²) in [7, 11) is 2.02. The van der Waals surface area contributed by atoms with Crippen molar-refractivity contribution in [3.05, 3.63) is 0 Å². The van der Waals surface area contributed by atoms with E-state index in [-0.39, 0.29) is 30.3 Å². The molecule has 4 saturated carbocycles. The lowest BCUT2D eigenvalue weighted by molar-refractivity contribution is -0.145. The summed E-state index contributed by atoms with van der Waals surface area (Å²) in [6.45, 7) is 3.91. The van der Waals surface area contributed by atoms with Gasteiger partial charge in [-0.1, -0.05) is 6.92 Å². The first-order chi connectivity index (χ1) is 8.97. The number of nitrogens with two attached hydrogens (primary N) is 1. The van der Waals surface area contributed by atoms with Crippen LogP contribution in [0.2, 0.25) is 0 Å². The minimum Gasteiger partial charge on any atom is -0.342 e. The van der Waals surface area contributed by atoms with Gasteiger partial charge in [0, 0.05) is 19.1 Å². The molecule has 0 spiro atoms. The van der Waals surface area contributed by atoms with Crippen LogP contribution in [-0.2, 0) is 4.79 Å². The average Bonchev–Trinajstić information content (AvgIpc) is 2.35. The molecule has 20 heavy (non-hydrogen) atoms. The lowest BCUT2D eigenvalue weighted by Gasteiger charge is -2.56. The maximum absolute atomic E-state index is 12.6. The van der Waals surface area contributed by atoms with Gasteiger partial charge in [0.15, 0.2) is 0 Å². The SMILES string of the molecule is CC(N)C(C)C(=O)N(C)C1C2CC3CC(C2)CC1C3.Cl. The molecular formula is C16H29ClN2O. The maximum atomic E-state index is 12.6. The largest absolute Gasteiger partial charge is 0.342 e. The number of rotatable bonds is 3. The summed E-state index contributed by atoms with van der Waals surface area (Å²) in [6, 6.07) is 0.452. The normalized spacial score (nSPS) is 40.9. The van der Waals surface area contributed by atoms with E-state index in [9.17, 15) is 4.79 Å². The van der Waals surface area contributed by atoms with Crippen LogP contribution < -0.4 is 5.73 Å². The van der Waals surface area contributed by atoms with Gasteiger partial charge in [0.05, 0.1) is 5.92 Å². The van der Waals surface area contributed by atoms with E-state index in [1.54, 1.807) is 0 Å². The number of carbonyl (C=O) groups excluding carboxylic acids is 1. The Balaban J connectivity index is 0.00000147. The van der Waals surface area contributed by atoms with Gasteiger partial charge < -0.3 is 10.6 Å². The fraction of sp³-hybridized carbons (Fsp3) is 0.938. The highest BCUT2D eigenvalue weighted by Gasteiger charge is 2.50. The Bertz CT molecular complexity index is 343. The van der Waals surface area contributed by atoms with Gasteiger partial charge in [-0.25, -0.2) is 0 Å². The fourth-order valence-corrected chi connectivity index (χ4v) is 5.22. The van der Waals surface area contributed by atoms with Crippen molar-refractivity contribution < 1.29 is 4.79 Å². The molecule has 0 heterocycles. The number of carbonyl (C=O) groups is 1. The highest BCUT2D eigenvalue weighted by atomic mass is 35.5. The van der Waals surface area contributed by atoms with Crippen LogP contribution in [0.5, 0.6) is 0 Å². The van der Waals surface area contributed by atoms with Crippen molar-refractivity contribution in [1.29, 1.82) is 0 Å². The van der Waals surface area contributed by atoms with E-state index in [4.69, 9.17) is 5.73 Å². The van der Waals surface area contributed by atoms with E-state index in [2.05, 4.69) is 4.90 Å². The third kappa shape index (κ3) is 2.59. The molecule has 3 nitrogen and oxygen atoms in total. The first-order valence-corrected chi connectivity index (χ1v) is 7.99. The second kappa shape index (κ2) is 5.84. The lowest BCUT2D eigenvalue weighted by Crippen LogP contribution is -2.57. The molecule has 4 rings (SSSR count). The van der Waals surface area contributed by atoms with Gasteiger partial charge in [-0.2, -0.15) is 0 Å². The molecule has 4 aliphatic rings. The van der Waals surface area contributed by atoms with Crippen molar-refractivity contribution in [2.45, 2.75) is 58.0 Å². The van der Waals surface area contributed by atoms with Gasteiger partial charge in [-0.15, -0.1) is 12.4 Å². The van der Waals surface area contributed by atoms with Crippen molar-refractivity contribution in [2.24, 2.45) is 35.3 Å². The van der Waals surface area contributed by atoms with Crippen LogP contribution in [0, 0.1) is 29.6 Å². The number of halogens is 1. The molecule has 2 unspecified atom stereocenters. The molecule has 0 radical (unpaired) electrons. The predicted octanol–water partition coefficient (Wildman–Crippen LogP) is 2.67. The van der Waals surface area contributed by atoms with Gasteiger partial charge in [-0.3, -0.25) is 4.79 Å². The number of hydrogen-bond donors (Lipinski definition) is 1. The molecule has 2 atom stereocenters. The molecule has 0 saturated heterocycles. The molecule has 4 aliphatic carbocycles. The van der Waals surface area contributed by atoms with Crippen LogP contribution in [0.4, 0.5) is 0 Å². The van der Waals surface area contributed by atoms with Crippen LogP contribution in [0.15, 0.2) is 0 Å².